The number of ether oxygens (including phenoxy) is 1. The quantitative estimate of drug-likeness (QED) is 0.674. The second-order valence-electron chi connectivity index (χ2n) is 4.04. The van der Waals surface area contributed by atoms with Crippen LogP contribution in [-0.4, -0.2) is 22.1 Å². The molecule has 0 aliphatic carbocycles. The van der Waals surface area contributed by atoms with E-state index in [1.165, 1.54) is 12.1 Å². The fourth-order valence-corrected chi connectivity index (χ4v) is 1.63. The zero-order valence-corrected chi connectivity index (χ0v) is 10.5. The molecule has 5 nitrogen and oxygen atoms in total. The van der Waals surface area contributed by atoms with E-state index in [0.29, 0.717) is 6.54 Å². The van der Waals surface area contributed by atoms with Gasteiger partial charge in [-0.05, 0) is 25.1 Å². The number of esters is 1. The summed E-state index contributed by atoms with van der Waals surface area (Å²) in [5, 5.41) is 0. The van der Waals surface area contributed by atoms with Crippen molar-refractivity contribution >= 4 is 11.7 Å². The maximum Gasteiger partial charge on any atom is 0.338 e. The van der Waals surface area contributed by atoms with Crippen LogP contribution in [0.2, 0.25) is 0 Å². The molecule has 1 aromatic carbocycles. The highest BCUT2D eigenvalue weighted by molar-refractivity contribution is 5.90. The van der Waals surface area contributed by atoms with Gasteiger partial charge in [-0.2, -0.15) is 0 Å². The molecule has 1 heterocycles. The van der Waals surface area contributed by atoms with Gasteiger partial charge in [-0.1, -0.05) is 0 Å². The number of hydrogen-bond acceptors (Lipinski definition) is 4. The molecule has 100 valence electrons. The fraction of sp³-hybridized carbons (Fsp3) is 0.231. The minimum absolute atomic E-state index is 0.0695. The van der Waals surface area contributed by atoms with Gasteiger partial charge in [0, 0.05) is 12.4 Å². The van der Waals surface area contributed by atoms with Gasteiger partial charge < -0.3 is 15.0 Å². The lowest BCUT2D eigenvalue weighted by Crippen LogP contribution is -2.12. The van der Waals surface area contributed by atoms with E-state index in [2.05, 4.69) is 4.98 Å². The van der Waals surface area contributed by atoms with Gasteiger partial charge >= 0.3 is 5.97 Å². The van der Waals surface area contributed by atoms with Crippen LogP contribution in [0.5, 0.6) is 0 Å². The van der Waals surface area contributed by atoms with Crippen molar-refractivity contribution in [3.63, 3.8) is 0 Å². The van der Waals surface area contributed by atoms with E-state index in [1.807, 2.05) is 11.5 Å². The largest absolute Gasteiger partial charge is 0.460 e. The van der Waals surface area contributed by atoms with Crippen molar-refractivity contribution in [3.8, 4) is 0 Å². The number of halogens is 1. The first-order chi connectivity index (χ1) is 9.08. The molecule has 0 spiro atoms. The summed E-state index contributed by atoms with van der Waals surface area (Å²) in [4.78, 5) is 15.8. The highest BCUT2D eigenvalue weighted by Crippen LogP contribution is 2.13. The van der Waals surface area contributed by atoms with Crippen LogP contribution in [-0.2, 0) is 11.3 Å². The first-order valence-corrected chi connectivity index (χ1v) is 5.78. The Hall–Kier alpha value is -2.37. The standard InChI is InChI=1S/C13H14FN3O2/c1-9-16-4-5-17(9)6-7-19-13(18)10-2-3-11(14)12(15)8-10/h2-5,8H,6-7,15H2,1H3. The van der Waals surface area contributed by atoms with E-state index in [0.717, 1.165) is 11.9 Å². The monoisotopic (exact) mass is 263 g/mol. The summed E-state index contributed by atoms with van der Waals surface area (Å²) >= 11 is 0. The van der Waals surface area contributed by atoms with Crippen LogP contribution in [0.15, 0.2) is 30.6 Å². The first kappa shape index (κ1) is 13.1. The molecule has 19 heavy (non-hydrogen) atoms. The Labute approximate surface area is 109 Å². The Bertz CT molecular complexity index is 595. The molecular formula is C13H14FN3O2. The Morgan fingerprint density at radius 3 is 2.95 bits per heavy atom. The van der Waals surface area contributed by atoms with Crippen LogP contribution in [0, 0.1) is 12.7 Å². The highest BCUT2D eigenvalue weighted by atomic mass is 19.1. The topological polar surface area (TPSA) is 70.1 Å². The third-order valence-electron chi connectivity index (χ3n) is 2.72. The maximum absolute atomic E-state index is 13.0. The number of benzene rings is 1. The number of nitrogens with two attached hydrogens (primary N) is 1. The average Bonchev–Trinajstić information content (AvgIpc) is 2.78. The highest BCUT2D eigenvalue weighted by Gasteiger charge is 2.09. The lowest BCUT2D eigenvalue weighted by Gasteiger charge is -2.07. The van der Waals surface area contributed by atoms with Crippen molar-refractivity contribution in [2.75, 3.05) is 12.3 Å². The predicted molar refractivity (Wildman–Crippen MR) is 68.1 cm³/mol. The molecule has 0 fully saturated rings. The van der Waals surface area contributed by atoms with Gasteiger partial charge in [-0.15, -0.1) is 0 Å². The van der Waals surface area contributed by atoms with Gasteiger partial charge in [0.15, 0.2) is 0 Å². The molecule has 0 unspecified atom stereocenters. The maximum atomic E-state index is 13.0. The molecule has 0 aliphatic heterocycles. The molecule has 0 amide bonds. The number of aromatic nitrogens is 2. The van der Waals surface area contributed by atoms with Gasteiger partial charge in [-0.3, -0.25) is 0 Å². The zero-order chi connectivity index (χ0) is 13.8. The summed E-state index contributed by atoms with van der Waals surface area (Å²) in [6, 6.07) is 3.75. The molecular weight excluding hydrogens is 249 g/mol. The van der Waals surface area contributed by atoms with Crippen molar-refractivity contribution in [2.24, 2.45) is 0 Å². The van der Waals surface area contributed by atoms with E-state index < -0.39 is 11.8 Å². The number of aryl methyl sites for hydroxylation is 1. The lowest BCUT2D eigenvalue weighted by molar-refractivity contribution is 0.0490. The molecule has 0 bridgehead atoms. The average molecular weight is 263 g/mol. The van der Waals surface area contributed by atoms with Crippen molar-refractivity contribution in [3.05, 3.63) is 47.8 Å². The summed E-state index contributed by atoms with van der Waals surface area (Å²) in [7, 11) is 0. The molecule has 6 heteroatoms. The number of nitrogen functional groups attached to an aromatic ring is 1. The summed E-state index contributed by atoms with van der Waals surface area (Å²) in [6.07, 6.45) is 3.48. The minimum atomic E-state index is -0.550. The van der Waals surface area contributed by atoms with E-state index in [9.17, 15) is 9.18 Å². The van der Waals surface area contributed by atoms with Crippen LogP contribution in [0.1, 0.15) is 16.2 Å². The van der Waals surface area contributed by atoms with Crippen molar-refractivity contribution in [1.29, 1.82) is 0 Å². The molecule has 2 N–H and O–H groups in total. The number of hydrogen-bond donors (Lipinski definition) is 1. The molecule has 0 saturated heterocycles. The third-order valence-corrected chi connectivity index (χ3v) is 2.72. The third kappa shape index (κ3) is 3.09. The SMILES string of the molecule is Cc1nccn1CCOC(=O)c1ccc(F)c(N)c1. The van der Waals surface area contributed by atoms with Gasteiger partial charge in [0.1, 0.15) is 18.2 Å². The van der Waals surface area contributed by atoms with E-state index in [1.54, 1.807) is 12.4 Å². The molecule has 2 rings (SSSR count). The minimum Gasteiger partial charge on any atom is -0.460 e. The van der Waals surface area contributed by atoms with Gasteiger partial charge in [0.2, 0.25) is 0 Å². The second-order valence-corrected chi connectivity index (χ2v) is 4.04. The number of carbonyl (C=O) groups excluding carboxylic acids is 1. The Morgan fingerprint density at radius 1 is 1.53 bits per heavy atom. The normalized spacial score (nSPS) is 10.4. The first-order valence-electron chi connectivity index (χ1n) is 5.78. The molecule has 0 radical (unpaired) electrons. The van der Waals surface area contributed by atoms with E-state index >= 15 is 0 Å². The Morgan fingerprint density at radius 2 is 2.32 bits per heavy atom. The van der Waals surface area contributed by atoms with Crippen LogP contribution in [0.3, 0.4) is 0 Å². The predicted octanol–water partition coefficient (Wildman–Crippen LogP) is 1.77. The van der Waals surface area contributed by atoms with E-state index in [-0.39, 0.29) is 17.9 Å². The van der Waals surface area contributed by atoms with Crippen LogP contribution < -0.4 is 5.73 Å². The molecule has 0 atom stereocenters. The van der Waals surface area contributed by atoms with Gasteiger partial charge in [0.05, 0.1) is 17.8 Å². The lowest BCUT2D eigenvalue weighted by atomic mass is 10.2. The van der Waals surface area contributed by atoms with Crippen LogP contribution >= 0.6 is 0 Å². The molecule has 0 saturated carbocycles. The van der Waals surface area contributed by atoms with Crippen LogP contribution in [0.25, 0.3) is 0 Å². The van der Waals surface area contributed by atoms with E-state index in [4.69, 9.17) is 10.5 Å². The number of imidazole rings is 1. The number of carbonyl (C=O) groups is 1. The van der Waals surface area contributed by atoms with Crippen molar-refractivity contribution in [1.82, 2.24) is 9.55 Å². The van der Waals surface area contributed by atoms with Gasteiger partial charge in [0.25, 0.3) is 0 Å². The number of nitrogens with zero attached hydrogens (tertiary/aromatic N) is 2. The Kier molecular flexibility index (Phi) is 3.79. The smallest absolute Gasteiger partial charge is 0.338 e. The molecule has 2 aromatic rings. The van der Waals surface area contributed by atoms with Crippen LogP contribution in [0.4, 0.5) is 10.1 Å². The zero-order valence-electron chi connectivity index (χ0n) is 10.5. The fourth-order valence-electron chi connectivity index (χ4n) is 1.63. The summed E-state index contributed by atoms with van der Waals surface area (Å²) < 4.78 is 19.9. The van der Waals surface area contributed by atoms with Gasteiger partial charge in [-0.25, -0.2) is 14.2 Å². The van der Waals surface area contributed by atoms with Crippen molar-refractivity contribution in [2.45, 2.75) is 13.5 Å². The summed E-state index contributed by atoms with van der Waals surface area (Å²) in [6.45, 7) is 2.60. The Balaban J connectivity index is 1.91. The summed E-state index contributed by atoms with van der Waals surface area (Å²) in [5.74, 6) is -0.225. The molecule has 0 aliphatic rings. The molecule has 1 aromatic heterocycles. The number of rotatable bonds is 4. The number of anilines is 1. The second kappa shape index (κ2) is 5.51. The summed E-state index contributed by atoms with van der Waals surface area (Å²) in [5.41, 5.74) is 5.56. The van der Waals surface area contributed by atoms with Crippen molar-refractivity contribution < 1.29 is 13.9 Å².